The van der Waals surface area contributed by atoms with Crippen LogP contribution in [0, 0.1) is 57.5 Å². The maximum absolute atomic E-state index is 13.7. The molecule has 2 aromatic rings. The van der Waals surface area contributed by atoms with Crippen LogP contribution in [0.3, 0.4) is 0 Å². The minimum atomic E-state index is -3.06. The van der Waals surface area contributed by atoms with Gasteiger partial charge in [0.25, 0.3) is 0 Å². The molecule has 5 saturated carbocycles. The number of hydrogen-bond donors (Lipinski definition) is 3. The summed E-state index contributed by atoms with van der Waals surface area (Å²) in [6.07, 6.45) is 8.16. The van der Waals surface area contributed by atoms with Gasteiger partial charge in [-0.25, -0.2) is 0 Å². The Hall–Kier alpha value is -2.44. The number of benzene rings is 1. The minimum absolute atomic E-state index is 0.00903. The summed E-state index contributed by atoms with van der Waals surface area (Å²) >= 11 is 12.9. The first-order valence-corrected chi connectivity index (χ1v) is 20.9. The molecule has 304 valence electrons. The van der Waals surface area contributed by atoms with Crippen molar-refractivity contribution in [1.29, 1.82) is 0 Å². The smallest absolute Gasteiger partial charge is 0.387 e. The Bertz CT molecular complexity index is 1690. The number of aliphatic hydroxyl groups excluding tert-OH is 3. The lowest BCUT2D eigenvalue weighted by atomic mass is 9.43. The van der Waals surface area contributed by atoms with E-state index in [0.29, 0.717) is 54.1 Å². The molecule has 1 aromatic heterocycles. The number of nitrogens with zero attached hydrogens (tertiary/aromatic N) is 1. The van der Waals surface area contributed by atoms with Gasteiger partial charge in [-0.1, -0.05) is 50.0 Å². The van der Waals surface area contributed by atoms with Gasteiger partial charge in [-0.15, -0.1) is 0 Å². The van der Waals surface area contributed by atoms with E-state index >= 15 is 0 Å². The number of carbonyl (C=O) groups is 1. The molecule has 13 heteroatoms. The fourth-order valence-electron chi connectivity index (χ4n) is 11.6. The van der Waals surface area contributed by atoms with Crippen LogP contribution in [-0.2, 0) is 16.0 Å². The normalized spacial score (nSPS) is 35.3. The van der Waals surface area contributed by atoms with Gasteiger partial charge in [0.05, 0.1) is 24.9 Å². The Morgan fingerprint density at radius 1 is 1.00 bits per heavy atom. The van der Waals surface area contributed by atoms with E-state index in [2.05, 4.69) is 20.8 Å². The number of pyridine rings is 1. The van der Waals surface area contributed by atoms with E-state index in [1.54, 1.807) is 0 Å². The number of fused-ring (bicyclic) bond motifs is 5. The van der Waals surface area contributed by atoms with Crippen molar-refractivity contribution >= 4 is 29.2 Å². The molecule has 0 saturated heterocycles. The van der Waals surface area contributed by atoms with Gasteiger partial charge in [0.15, 0.2) is 23.9 Å². The molecule has 0 amide bonds. The summed E-state index contributed by atoms with van der Waals surface area (Å²) < 4.78 is 43.8. The van der Waals surface area contributed by atoms with Crippen LogP contribution in [0.1, 0.15) is 109 Å². The Morgan fingerprint density at radius 2 is 1.73 bits per heavy atom. The van der Waals surface area contributed by atoms with Gasteiger partial charge in [0.1, 0.15) is 16.1 Å². The van der Waals surface area contributed by atoms with Crippen LogP contribution in [0.5, 0.6) is 11.5 Å². The second-order valence-corrected chi connectivity index (χ2v) is 18.7. The van der Waals surface area contributed by atoms with Gasteiger partial charge in [0, 0.05) is 18.4 Å². The number of carbonyl (C=O) groups excluding carboxylic acids is 1. The Labute approximate surface area is 332 Å². The molecule has 0 spiro atoms. The van der Waals surface area contributed by atoms with Gasteiger partial charge in [-0.3, -0.25) is 4.79 Å². The molecule has 0 bridgehead atoms. The van der Waals surface area contributed by atoms with E-state index in [1.807, 2.05) is 0 Å². The molecule has 12 atom stereocenters. The van der Waals surface area contributed by atoms with Crippen LogP contribution >= 0.6 is 23.2 Å². The molecule has 0 aliphatic heterocycles. The first-order chi connectivity index (χ1) is 26.1. The van der Waals surface area contributed by atoms with E-state index < -0.39 is 36.3 Å². The zero-order chi connectivity index (χ0) is 39.4. The van der Waals surface area contributed by atoms with E-state index in [-0.39, 0.29) is 81.4 Å². The van der Waals surface area contributed by atoms with Crippen molar-refractivity contribution in [3.63, 3.8) is 0 Å². The van der Waals surface area contributed by atoms with Crippen LogP contribution in [-0.4, -0.2) is 52.8 Å². The first-order valence-electron chi connectivity index (χ1n) is 20.1. The lowest BCUT2D eigenvalue weighted by Crippen LogP contribution is -2.62. The molecule has 9 nitrogen and oxygen atoms in total. The Balaban J connectivity index is 1.07. The van der Waals surface area contributed by atoms with Crippen LogP contribution in [0.15, 0.2) is 30.6 Å². The van der Waals surface area contributed by atoms with E-state index in [4.69, 9.17) is 37.4 Å². The van der Waals surface area contributed by atoms with Gasteiger partial charge >= 0.3 is 12.6 Å². The third-order valence-electron chi connectivity index (χ3n) is 14.8. The quantitative estimate of drug-likeness (QED) is 0.105. The highest BCUT2D eigenvalue weighted by Crippen LogP contribution is 2.68. The second kappa shape index (κ2) is 16.1. The number of hydrogen-bond acceptors (Lipinski definition) is 8. The number of aliphatic hydroxyl groups is 3. The number of esters is 1. The molecule has 12 unspecified atom stereocenters. The molecular weight excluding hydrogens is 755 g/mol. The molecule has 7 rings (SSSR count). The average molecular weight is 811 g/mol. The maximum Gasteiger partial charge on any atom is 0.387 e. The standard InChI is InChI=1S/C42H55Cl2F2NO8/c1-22(28-8-9-29-39-30(18-37(50)42(28,29)3)41(2)13-12-26(48)15-25(41)16-33(39)49)4-11-38(51)54-35(17-27-31(43)19-47(52)20-32(27)44)24-7-10-34(55-40(45)46)36(14-24)53-21-23-5-6-23/h7,10,14,19-20,22-23,25-26,28-30,33,35,37,39-40,48-50H,4-6,8-9,11-13,15-18,21H2,1-3H3. The molecule has 1 heterocycles. The molecule has 0 radical (unpaired) electrons. The van der Waals surface area contributed by atoms with Crippen LogP contribution < -0.4 is 14.2 Å². The molecule has 55 heavy (non-hydrogen) atoms. The molecule has 5 aliphatic carbocycles. The van der Waals surface area contributed by atoms with Crippen molar-refractivity contribution in [2.45, 2.75) is 129 Å². The summed E-state index contributed by atoms with van der Waals surface area (Å²) in [4.78, 5) is 13.7. The van der Waals surface area contributed by atoms with Gasteiger partial charge in [-0.2, -0.15) is 13.5 Å². The van der Waals surface area contributed by atoms with Crippen molar-refractivity contribution in [3.05, 3.63) is 57.0 Å². The topological polar surface area (TPSA) is 132 Å². The zero-order valence-corrected chi connectivity index (χ0v) is 33.4. The van der Waals surface area contributed by atoms with E-state index in [1.165, 1.54) is 18.2 Å². The fourth-order valence-corrected chi connectivity index (χ4v) is 12.2. The highest BCUT2D eigenvalue weighted by atomic mass is 35.5. The third kappa shape index (κ3) is 8.16. The lowest BCUT2D eigenvalue weighted by molar-refractivity contribution is -0.605. The Kier molecular flexibility index (Phi) is 11.9. The molecular formula is C42H55Cl2F2NO8. The second-order valence-electron chi connectivity index (χ2n) is 17.9. The largest absolute Gasteiger partial charge is 0.619 e. The number of halogens is 4. The minimum Gasteiger partial charge on any atom is -0.619 e. The summed E-state index contributed by atoms with van der Waals surface area (Å²) in [6, 6.07) is 4.44. The predicted molar refractivity (Wildman–Crippen MR) is 202 cm³/mol. The fraction of sp³-hybridized carbons (Fsp3) is 0.714. The predicted octanol–water partition coefficient (Wildman–Crippen LogP) is 8.22. The average Bonchev–Trinajstić information content (AvgIpc) is 3.88. The summed E-state index contributed by atoms with van der Waals surface area (Å²) in [5.41, 5.74) is 0.420. The number of aromatic nitrogens is 1. The zero-order valence-electron chi connectivity index (χ0n) is 31.8. The lowest BCUT2D eigenvalue weighted by Gasteiger charge is -2.63. The van der Waals surface area contributed by atoms with Crippen molar-refractivity contribution in [2.24, 2.45) is 52.3 Å². The van der Waals surface area contributed by atoms with Crippen molar-refractivity contribution in [1.82, 2.24) is 0 Å². The summed E-state index contributed by atoms with van der Waals surface area (Å²) in [5, 5.41) is 46.3. The van der Waals surface area contributed by atoms with Crippen molar-refractivity contribution < 1.29 is 47.8 Å². The molecule has 5 aliphatic rings. The summed E-state index contributed by atoms with van der Waals surface area (Å²) in [7, 11) is 0. The highest BCUT2D eigenvalue weighted by Gasteiger charge is 2.65. The van der Waals surface area contributed by atoms with E-state index in [9.17, 15) is 34.1 Å². The monoisotopic (exact) mass is 809 g/mol. The SMILES string of the molecule is CC(CCC(=O)OC(Cc1c(Cl)c[n+]([O-])cc1Cl)c1ccc(OC(F)F)c(OCC2CC2)c1)C1CCC2C3C(O)CC4CC(O)CCC4(C)C3CC(O)C12C. The van der Waals surface area contributed by atoms with Crippen LogP contribution in [0.4, 0.5) is 8.78 Å². The van der Waals surface area contributed by atoms with Crippen molar-refractivity contribution in [3.8, 4) is 11.5 Å². The summed E-state index contributed by atoms with van der Waals surface area (Å²) in [6.45, 7) is 3.92. The third-order valence-corrected chi connectivity index (χ3v) is 15.4. The summed E-state index contributed by atoms with van der Waals surface area (Å²) in [5.74, 6) is 0.739. The van der Waals surface area contributed by atoms with Crippen molar-refractivity contribution in [2.75, 3.05) is 6.61 Å². The number of rotatable bonds is 13. The van der Waals surface area contributed by atoms with E-state index in [0.717, 1.165) is 50.9 Å². The first kappa shape index (κ1) is 40.7. The number of ether oxygens (including phenoxy) is 3. The van der Waals surface area contributed by atoms with Gasteiger partial charge in [-0.05, 0) is 134 Å². The highest BCUT2D eigenvalue weighted by molar-refractivity contribution is 6.35. The van der Waals surface area contributed by atoms with Crippen LogP contribution in [0.2, 0.25) is 10.0 Å². The molecule has 1 aromatic carbocycles. The Morgan fingerprint density at radius 3 is 2.42 bits per heavy atom. The number of alkyl halides is 2. The maximum atomic E-state index is 13.7. The van der Waals surface area contributed by atoms with Gasteiger partial charge < -0.3 is 34.7 Å². The van der Waals surface area contributed by atoms with Gasteiger partial charge in [0.2, 0.25) is 0 Å². The van der Waals surface area contributed by atoms with Crippen LogP contribution in [0.25, 0.3) is 0 Å². The molecule has 5 fully saturated rings. The molecule has 3 N–H and O–H groups in total.